The van der Waals surface area contributed by atoms with Crippen LogP contribution in [0.5, 0.6) is 23.0 Å². The van der Waals surface area contributed by atoms with Gasteiger partial charge in [0.05, 0.1) is 0 Å². The zero-order chi connectivity index (χ0) is 21.8. The smallest absolute Gasteiger partial charge is 0.290 e. The second kappa shape index (κ2) is 9.08. The maximum absolute atomic E-state index is 14.6. The standard InChI is InChI=1S/C24H21FO3.CH2O2/c25-21-12-14-22(27-19-9-5-17(26)6-10-19)20-11-13-23(24(20)21)28-18-7-3-16(4-8-18)15-1-2-15;2-1-3/h3-10,12,14-15,23,26H,1-2,11,13H2;1H,(H,2,3). The SMILES string of the molecule is O=CO.Oc1ccc(Oc2ccc(F)c3c2CCC3Oc2ccc(C3CC3)cc2)cc1. The fourth-order valence-corrected chi connectivity index (χ4v) is 3.90. The van der Waals surface area contributed by atoms with Gasteiger partial charge in [0, 0.05) is 11.1 Å². The molecule has 3 aromatic rings. The summed E-state index contributed by atoms with van der Waals surface area (Å²) in [6, 6.07) is 17.8. The largest absolute Gasteiger partial charge is 0.508 e. The predicted molar refractivity (Wildman–Crippen MR) is 113 cm³/mol. The second-order valence-electron chi connectivity index (χ2n) is 7.63. The molecular weight excluding hydrogens is 399 g/mol. The van der Waals surface area contributed by atoms with Crippen LogP contribution in [0.25, 0.3) is 0 Å². The summed E-state index contributed by atoms with van der Waals surface area (Å²) in [5, 5.41) is 16.3. The molecule has 0 radical (unpaired) electrons. The van der Waals surface area contributed by atoms with Crippen molar-refractivity contribution in [2.75, 3.05) is 0 Å². The number of carbonyl (C=O) groups is 1. The molecule has 0 amide bonds. The lowest BCUT2D eigenvalue weighted by atomic mass is 10.1. The molecule has 1 atom stereocenters. The number of aromatic hydroxyl groups is 1. The van der Waals surface area contributed by atoms with Gasteiger partial charge >= 0.3 is 0 Å². The number of benzene rings is 3. The zero-order valence-electron chi connectivity index (χ0n) is 16.8. The first-order chi connectivity index (χ1) is 15.1. The zero-order valence-corrected chi connectivity index (χ0v) is 16.8. The number of carboxylic acid groups (broad SMARTS) is 1. The summed E-state index contributed by atoms with van der Waals surface area (Å²) in [6.45, 7) is -0.250. The van der Waals surface area contributed by atoms with Crippen LogP contribution in [0.3, 0.4) is 0 Å². The van der Waals surface area contributed by atoms with Crippen LogP contribution >= 0.6 is 0 Å². The molecule has 31 heavy (non-hydrogen) atoms. The molecular formula is C25H23FO5. The van der Waals surface area contributed by atoms with Crippen molar-refractivity contribution in [2.24, 2.45) is 0 Å². The molecule has 6 heteroatoms. The van der Waals surface area contributed by atoms with Gasteiger partial charge in [-0.05, 0) is 85.7 Å². The van der Waals surface area contributed by atoms with E-state index in [2.05, 4.69) is 12.1 Å². The summed E-state index contributed by atoms with van der Waals surface area (Å²) < 4.78 is 26.7. The summed E-state index contributed by atoms with van der Waals surface area (Å²) in [5.74, 6) is 2.64. The number of phenolic OH excluding ortho intramolecular Hbond substituents is 1. The van der Waals surface area contributed by atoms with E-state index in [0.717, 1.165) is 11.3 Å². The molecule has 0 aromatic heterocycles. The lowest BCUT2D eigenvalue weighted by molar-refractivity contribution is -0.122. The molecule has 1 saturated carbocycles. The Morgan fingerprint density at radius 2 is 1.55 bits per heavy atom. The molecule has 0 heterocycles. The lowest BCUT2D eigenvalue weighted by Crippen LogP contribution is -2.06. The van der Waals surface area contributed by atoms with Crippen LogP contribution in [-0.4, -0.2) is 16.7 Å². The Hall–Kier alpha value is -3.54. The van der Waals surface area contributed by atoms with Gasteiger partial charge in [-0.2, -0.15) is 0 Å². The van der Waals surface area contributed by atoms with Gasteiger partial charge in [0.2, 0.25) is 0 Å². The van der Waals surface area contributed by atoms with Crippen LogP contribution in [0.4, 0.5) is 4.39 Å². The van der Waals surface area contributed by atoms with Gasteiger partial charge in [0.15, 0.2) is 0 Å². The van der Waals surface area contributed by atoms with E-state index < -0.39 is 0 Å². The third-order valence-corrected chi connectivity index (χ3v) is 5.51. The summed E-state index contributed by atoms with van der Waals surface area (Å²) in [7, 11) is 0. The van der Waals surface area contributed by atoms with E-state index in [-0.39, 0.29) is 24.1 Å². The summed E-state index contributed by atoms with van der Waals surface area (Å²) in [6.07, 6.45) is 3.64. The van der Waals surface area contributed by atoms with E-state index >= 15 is 0 Å². The number of hydrogen-bond donors (Lipinski definition) is 2. The van der Waals surface area contributed by atoms with Crippen molar-refractivity contribution in [2.45, 2.75) is 37.7 Å². The highest BCUT2D eigenvalue weighted by molar-refractivity contribution is 5.48. The van der Waals surface area contributed by atoms with Crippen molar-refractivity contribution in [3.05, 3.63) is 83.2 Å². The number of hydrogen-bond acceptors (Lipinski definition) is 4. The highest BCUT2D eigenvalue weighted by Gasteiger charge is 2.31. The summed E-state index contributed by atoms with van der Waals surface area (Å²) >= 11 is 0. The Kier molecular flexibility index (Phi) is 6.07. The van der Waals surface area contributed by atoms with Gasteiger partial charge in [-0.15, -0.1) is 0 Å². The van der Waals surface area contributed by atoms with Gasteiger partial charge < -0.3 is 19.7 Å². The molecule has 2 aliphatic rings. The van der Waals surface area contributed by atoms with Crippen LogP contribution in [0.15, 0.2) is 60.7 Å². The lowest BCUT2D eigenvalue weighted by Gasteiger charge is -2.17. The van der Waals surface area contributed by atoms with E-state index in [1.54, 1.807) is 30.3 Å². The normalized spacial score (nSPS) is 16.6. The molecule has 0 aliphatic heterocycles. The number of rotatable bonds is 5. The Balaban J connectivity index is 0.000000730. The van der Waals surface area contributed by atoms with E-state index in [0.29, 0.717) is 35.8 Å². The van der Waals surface area contributed by atoms with Gasteiger partial charge in [0.1, 0.15) is 34.9 Å². The molecule has 1 fully saturated rings. The molecule has 2 N–H and O–H groups in total. The predicted octanol–water partition coefficient (Wildman–Crippen LogP) is 5.97. The van der Waals surface area contributed by atoms with E-state index in [1.165, 1.54) is 24.5 Å². The minimum atomic E-state index is -0.315. The molecule has 160 valence electrons. The molecule has 3 aromatic carbocycles. The van der Waals surface area contributed by atoms with E-state index in [9.17, 15) is 9.50 Å². The average Bonchev–Trinajstić information content (AvgIpc) is 3.53. The summed E-state index contributed by atoms with van der Waals surface area (Å²) in [5.41, 5.74) is 2.80. The fraction of sp³-hybridized carbons (Fsp3) is 0.240. The van der Waals surface area contributed by atoms with E-state index in [4.69, 9.17) is 19.4 Å². The number of phenols is 1. The molecule has 5 nitrogen and oxygen atoms in total. The first-order valence-corrected chi connectivity index (χ1v) is 10.2. The first kappa shape index (κ1) is 20.7. The fourth-order valence-electron chi connectivity index (χ4n) is 3.90. The third kappa shape index (κ3) is 4.79. The number of halogens is 1. The van der Waals surface area contributed by atoms with Gasteiger partial charge in [-0.1, -0.05) is 12.1 Å². The molecule has 0 saturated heterocycles. The minimum Gasteiger partial charge on any atom is -0.508 e. The van der Waals surface area contributed by atoms with Crippen molar-refractivity contribution < 1.29 is 28.9 Å². The maximum Gasteiger partial charge on any atom is 0.290 e. The molecule has 1 unspecified atom stereocenters. The Morgan fingerprint density at radius 1 is 0.903 bits per heavy atom. The molecule has 5 rings (SSSR count). The van der Waals surface area contributed by atoms with Crippen LogP contribution in [0, 0.1) is 5.82 Å². The summed E-state index contributed by atoms with van der Waals surface area (Å²) in [4.78, 5) is 8.36. The average molecular weight is 422 g/mol. The van der Waals surface area contributed by atoms with Crippen LogP contribution < -0.4 is 9.47 Å². The van der Waals surface area contributed by atoms with Gasteiger partial charge in [-0.25, -0.2) is 4.39 Å². The highest BCUT2D eigenvalue weighted by atomic mass is 19.1. The molecule has 2 aliphatic carbocycles. The Bertz CT molecular complexity index is 1040. The first-order valence-electron chi connectivity index (χ1n) is 10.2. The van der Waals surface area contributed by atoms with Gasteiger partial charge in [-0.3, -0.25) is 4.79 Å². The van der Waals surface area contributed by atoms with Gasteiger partial charge in [0.25, 0.3) is 6.47 Å². The number of fused-ring (bicyclic) bond motifs is 1. The number of ether oxygens (including phenoxy) is 2. The minimum absolute atomic E-state index is 0.179. The van der Waals surface area contributed by atoms with Crippen molar-refractivity contribution in [3.8, 4) is 23.0 Å². The highest BCUT2D eigenvalue weighted by Crippen LogP contribution is 2.43. The monoisotopic (exact) mass is 422 g/mol. The topological polar surface area (TPSA) is 76.0 Å². The van der Waals surface area contributed by atoms with Crippen molar-refractivity contribution in [1.29, 1.82) is 0 Å². The Labute approximate surface area is 179 Å². The molecule has 0 spiro atoms. The third-order valence-electron chi connectivity index (χ3n) is 5.51. The quantitative estimate of drug-likeness (QED) is 0.496. The Morgan fingerprint density at radius 3 is 2.19 bits per heavy atom. The van der Waals surface area contributed by atoms with Crippen molar-refractivity contribution in [3.63, 3.8) is 0 Å². The second-order valence-corrected chi connectivity index (χ2v) is 7.63. The van der Waals surface area contributed by atoms with Crippen LogP contribution in [0.2, 0.25) is 0 Å². The van der Waals surface area contributed by atoms with E-state index in [1.807, 2.05) is 12.1 Å². The van der Waals surface area contributed by atoms with Crippen LogP contribution in [0.1, 0.15) is 48.0 Å². The van der Waals surface area contributed by atoms with Crippen LogP contribution in [-0.2, 0) is 11.2 Å². The maximum atomic E-state index is 14.6. The van der Waals surface area contributed by atoms with Crippen molar-refractivity contribution >= 4 is 6.47 Å². The van der Waals surface area contributed by atoms with Crippen molar-refractivity contribution in [1.82, 2.24) is 0 Å². The molecule has 0 bridgehead atoms.